The van der Waals surface area contributed by atoms with Crippen molar-refractivity contribution in [3.05, 3.63) is 12.7 Å². The molecular weight excluding hydrogens is 174 g/mol. The van der Waals surface area contributed by atoms with Gasteiger partial charge in [0.25, 0.3) is 0 Å². The molecular formula is C9H16ClNO. The van der Waals surface area contributed by atoms with Crippen LogP contribution in [0, 0.1) is 5.41 Å². The van der Waals surface area contributed by atoms with Crippen LogP contribution in [0.25, 0.3) is 0 Å². The summed E-state index contributed by atoms with van der Waals surface area (Å²) in [7, 11) is 0. The van der Waals surface area contributed by atoms with Gasteiger partial charge in [-0.3, -0.25) is 5.41 Å². The normalized spacial score (nSPS) is 9.42. The highest BCUT2D eigenvalue weighted by molar-refractivity contribution is 6.17. The Bertz CT molecular complexity index is 136. The van der Waals surface area contributed by atoms with E-state index < -0.39 is 0 Å². The predicted molar refractivity (Wildman–Crippen MR) is 53.1 cm³/mol. The molecule has 0 saturated carbocycles. The molecule has 0 aromatic heterocycles. The van der Waals surface area contributed by atoms with E-state index in [0.717, 1.165) is 31.6 Å². The maximum absolute atomic E-state index is 7.09. The summed E-state index contributed by atoms with van der Waals surface area (Å²) in [5, 5.41) is 7.09. The van der Waals surface area contributed by atoms with E-state index in [1.807, 2.05) is 0 Å². The molecule has 0 fully saturated rings. The summed E-state index contributed by atoms with van der Waals surface area (Å²) in [6, 6.07) is 0. The Morgan fingerprint density at radius 1 is 1.33 bits per heavy atom. The van der Waals surface area contributed by atoms with Crippen LogP contribution >= 0.6 is 11.6 Å². The Morgan fingerprint density at radius 3 is 2.58 bits per heavy atom. The van der Waals surface area contributed by atoms with Crippen LogP contribution in [0.15, 0.2) is 12.7 Å². The highest BCUT2D eigenvalue weighted by Crippen LogP contribution is 2.01. The maximum atomic E-state index is 7.09. The van der Waals surface area contributed by atoms with Crippen LogP contribution in [0.1, 0.15) is 25.7 Å². The van der Waals surface area contributed by atoms with Crippen molar-refractivity contribution in [3.8, 4) is 0 Å². The zero-order chi connectivity index (χ0) is 9.23. The molecule has 70 valence electrons. The first kappa shape index (κ1) is 11.5. The number of unbranched alkanes of at least 4 members (excludes halogenated alkanes) is 3. The van der Waals surface area contributed by atoms with Crippen LogP contribution in [0.5, 0.6) is 0 Å². The van der Waals surface area contributed by atoms with Crippen molar-refractivity contribution >= 4 is 17.5 Å². The van der Waals surface area contributed by atoms with Gasteiger partial charge in [0.1, 0.15) is 0 Å². The van der Waals surface area contributed by atoms with Crippen molar-refractivity contribution < 1.29 is 4.74 Å². The summed E-state index contributed by atoms with van der Waals surface area (Å²) in [4.78, 5) is 0. The van der Waals surface area contributed by atoms with Crippen molar-refractivity contribution in [3.63, 3.8) is 0 Å². The molecule has 0 amide bonds. The van der Waals surface area contributed by atoms with Gasteiger partial charge in [-0.05, 0) is 18.9 Å². The van der Waals surface area contributed by atoms with Gasteiger partial charge in [0, 0.05) is 5.88 Å². The first-order chi connectivity index (χ1) is 5.81. The third-order valence-corrected chi connectivity index (χ3v) is 1.74. The van der Waals surface area contributed by atoms with E-state index in [1.165, 1.54) is 6.08 Å². The SMILES string of the molecule is C=CC(=N)OCCCCCCCl. The van der Waals surface area contributed by atoms with Crippen molar-refractivity contribution in [2.45, 2.75) is 25.7 Å². The Kier molecular flexibility index (Phi) is 8.24. The zero-order valence-electron chi connectivity index (χ0n) is 7.31. The van der Waals surface area contributed by atoms with Crippen LogP contribution in [0.3, 0.4) is 0 Å². The first-order valence-corrected chi connectivity index (χ1v) is 4.74. The molecule has 12 heavy (non-hydrogen) atoms. The highest BCUT2D eigenvalue weighted by Gasteiger charge is 1.91. The van der Waals surface area contributed by atoms with Crippen LogP contribution < -0.4 is 0 Å². The van der Waals surface area contributed by atoms with Crippen molar-refractivity contribution in [1.29, 1.82) is 5.41 Å². The third-order valence-electron chi connectivity index (χ3n) is 1.47. The number of alkyl halides is 1. The van der Waals surface area contributed by atoms with Crippen LogP contribution in [0.4, 0.5) is 0 Å². The summed E-state index contributed by atoms with van der Waals surface area (Å²) in [5.41, 5.74) is 0. The van der Waals surface area contributed by atoms with E-state index >= 15 is 0 Å². The summed E-state index contributed by atoms with van der Waals surface area (Å²) in [5.74, 6) is 0.899. The van der Waals surface area contributed by atoms with Crippen LogP contribution in [0.2, 0.25) is 0 Å². The van der Waals surface area contributed by atoms with E-state index in [0.29, 0.717) is 6.61 Å². The Balaban J connectivity index is 3.00. The van der Waals surface area contributed by atoms with E-state index in [-0.39, 0.29) is 5.90 Å². The van der Waals surface area contributed by atoms with E-state index in [2.05, 4.69) is 6.58 Å². The highest BCUT2D eigenvalue weighted by atomic mass is 35.5. The van der Waals surface area contributed by atoms with Gasteiger partial charge in [-0.2, -0.15) is 0 Å². The van der Waals surface area contributed by atoms with Gasteiger partial charge in [-0.1, -0.05) is 19.4 Å². The quantitative estimate of drug-likeness (QED) is 0.284. The number of hydrogen-bond donors (Lipinski definition) is 1. The van der Waals surface area contributed by atoms with Crippen LogP contribution in [-0.4, -0.2) is 18.4 Å². The topological polar surface area (TPSA) is 33.1 Å². The molecule has 0 aromatic rings. The Morgan fingerprint density at radius 2 is 2.00 bits per heavy atom. The minimum absolute atomic E-state index is 0.160. The van der Waals surface area contributed by atoms with Gasteiger partial charge in [-0.25, -0.2) is 0 Å². The van der Waals surface area contributed by atoms with Crippen molar-refractivity contribution in [2.75, 3.05) is 12.5 Å². The number of hydrogen-bond acceptors (Lipinski definition) is 2. The fraction of sp³-hybridized carbons (Fsp3) is 0.667. The summed E-state index contributed by atoms with van der Waals surface area (Å²) >= 11 is 5.51. The molecule has 0 aliphatic carbocycles. The second-order valence-electron chi connectivity index (χ2n) is 2.52. The second-order valence-corrected chi connectivity index (χ2v) is 2.90. The average molecular weight is 190 g/mol. The molecule has 0 radical (unpaired) electrons. The lowest BCUT2D eigenvalue weighted by Gasteiger charge is -2.02. The standard InChI is InChI=1S/C9H16ClNO/c1-2-9(11)12-8-6-4-3-5-7-10/h2,11H,1,3-8H2. The smallest absolute Gasteiger partial charge is 0.205 e. The first-order valence-electron chi connectivity index (χ1n) is 4.21. The molecule has 0 bridgehead atoms. The van der Waals surface area contributed by atoms with Gasteiger partial charge in [0.15, 0.2) is 0 Å². The third kappa shape index (κ3) is 7.61. The summed E-state index contributed by atoms with van der Waals surface area (Å²) in [6.45, 7) is 4.04. The molecule has 0 atom stereocenters. The van der Waals surface area contributed by atoms with Crippen LogP contribution in [-0.2, 0) is 4.74 Å². The number of rotatable bonds is 7. The maximum Gasteiger partial charge on any atom is 0.205 e. The summed E-state index contributed by atoms with van der Waals surface area (Å²) < 4.78 is 5.00. The van der Waals surface area contributed by atoms with Gasteiger partial charge >= 0.3 is 0 Å². The van der Waals surface area contributed by atoms with E-state index in [4.69, 9.17) is 21.7 Å². The average Bonchev–Trinajstić information content (AvgIpc) is 2.10. The Hall–Kier alpha value is -0.500. The lowest BCUT2D eigenvalue weighted by atomic mass is 10.2. The summed E-state index contributed by atoms with van der Waals surface area (Å²) in [6.07, 6.45) is 5.73. The van der Waals surface area contributed by atoms with E-state index in [9.17, 15) is 0 Å². The van der Waals surface area contributed by atoms with Gasteiger partial charge in [0.2, 0.25) is 5.90 Å². The minimum Gasteiger partial charge on any atom is -0.478 e. The molecule has 1 N–H and O–H groups in total. The molecule has 0 aromatic carbocycles. The number of nitrogens with one attached hydrogen (secondary N) is 1. The van der Waals surface area contributed by atoms with Crippen molar-refractivity contribution in [1.82, 2.24) is 0 Å². The molecule has 0 saturated heterocycles. The second kappa shape index (κ2) is 8.60. The molecule has 0 unspecified atom stereocenters. The monoisotopic (exact) mass is 189 g/mol. The number of halogens is 1. The largest absolute Gasteiger partial charge is 0.478 e. The van der Waals surface area contributed by atoms with E-state index in [1.54, 1.807) is 0 Å². The molecule has 2 nitrogen and oxygen atoms in total. The van der Waals surface area contributed by atoms with Crippen molar-refractivity contribution in [2.24, 2.45) is 0 Å². The Labute approximate surface area is 79.1 Å². The molecule has 0 aliphatic heterocycles. The lowest BCUT2D eigenvalue weighted by molar-refractivity contribution is 0.293. The van der Waals surface area contributed by atoms with Gasteiger partial charge < -0.3 is 4.74 Å². The molecule has 0 heterocycles. The van der Waals surface area contributed by atoms with Gasteiger partial charge in [-0.15, -0.1) is 11.6 Å². The minimum atomic E-state index is 0.160. The predicted octanol–water partition coefficient (Wildman–Crippen LogP) is 2.97. The molecule has 3 heteroatoms. The zero-order valence-corrected chi connectivity index (χ0v) is 8.07. The molecule has 0 rings (SSSR count). The number of ether oxygens (including phenoxy) is 1. The molecule has 0 spiro atoms. The van der Waals surface area contributed by atoms with Gasteiger partial charge in [0.05, 0.1) is 6.61 Å². The fourth-order valence-corrected chi connectivity index (χ4v) is 0.980. The lowest BCUT2D eigenvalue weighted by Crippen LogP contribution is -2.00. The molecule has 0 aliphatic rings. The fourth-order valence-electron chi connectivity index (χ4n) is 0.791.